The summed E-state index contributed by atoms with van der Waals surface area (Å²) in [4.78, 5) is 11.1. The van der Waals surface area contributed by atoms with Crippen LogP contribution in [0.2, 0.25) is 18.1 Å². The molecule has 0 saturated heterocycles. The Bertz CT molecular complexity index is 276. The SMILES string of the molecule is CCOC(=O)CC#C[Si](C)(C)C(C)(C)C. The predicted octanol–water partition coefficient (Wildman–Crippen LogP) is 2.99. The molecule has 0 unspecified atom stereocenters. The molecule has 0 spiro atoms. The van der Waals surface area contributed by atoms with Crippen molar-refractivity contribution in [3.05, 3.63) is 0 Å². The normalized spacial score (nSPS) is 11.6. The molecule has 0 radical (unpaired) electrons. The smallest absolute Gasteiger partial charge is 0.317 e. The van der Waals surface area contributed by atoms with Crippen LogP contribution in [0.1, 0.15) is 34.1 Å². The molecule has 0 aromatic carbocycles. The van der Waals surface area contributed by atoms with Crippen LogP contribution < -0.4 is 0 Å². The Hall–Kier alpha value is -0.753. The van der Waals surface area contributed by atoms with E-state index in [2.05, 4.69) is 45.3 Å². The van der Waals surface area contributed by atoms with Gasteiger partial charge in [-0.3, -0.25) is 4.79 Å². The fourth-order valence-electron chi connectivity index (χ4n) is 0.737. The van der Waals surface area contributed by atoms with Gasteiger partial charge in [0.05, 0.1) is 6.61 Å². The number of ether oxygens (including phenoxy) is 1. The molecule has 0 saturated carbocycles. The summed E-state index contributed by atoms with van der Waals surface area (Å²) in [6.07, 6.45) is 0.223. The summed E-state index contributed by atoms with van der Waals surface area (Å²) in [5, 5.41) is 0.245. The van der Waals surface area contributed by atoms with E-state index in [-0.39, 0.29) is 17.4 Å². The first kappa shape index (κ1) is 14.2. The van der Waals surface area contributed by atoms with E-state index in [9.17, 15) is 4.79 Å². The summed E-state index contributed by atoms with van der Waals surface area (Å²) in [7, 11) is -1.56. The fraction of sp³-hybridized carbons (Fsp3) is 0.750. The quantitative estimate of drug-likeness (QED) is 0.411. The third kappa shape index (κ3) is 5.03. The summed E-state index contributed by atoms with van der Waals surface area (Å²) >= 11 is 0. The molecule has 15 heavy (non-hydrogen) atoms. The molecular weight excluding hydrogens is 204 g/mol. The summed E-state index contributed by atoms with van der Waals surface area (Å²) in [6, 6.07) is 0. The maximum atomic E-state index is 11.1. The van der Waals surface area contributed by atoms with Gasteiger partial charge in [0.1, 0.15) is 14.5 Å². The van der Waals surface area contributed by atoms with Gasteiger partial charge in [0.2, 0.25) is 0 Å². The van der Waals surface area contributed by atoms with Crippen LogP contribution in [0.5, 0.6) is 0 Å². The van der Waals surface area contributed by atoms with Gasteiger partial charge in [-0.05, 0) is 12.0 Å². The number of hydrogen-bond acceptors (Lipinski definition) is 2. The number of carbonyl (C=O) groups is 1. The lowest BCUT2D eigenvalue weighted by Crippen LogP contribution is -2.35. The zero-order valence-corrected chi connectivity index (χ0v) is 11.7. The molecular formula is C12H22O2Si. The van der Waals surface area contributed by atoms with Crippen molar-refractivity contribution in [3.8, 4) is 11.5 Å². The van der Waals surface area contributed by atoms with Gasteiger partial charge in [-0.2, -0.15) is 0 Å². The number of hydrogen-bond donors (Lipinski definition) is 0. The van der Waals surface area contributed by atoms with E-state index < -0.39 is 8.07 Å². The predicted molar refractivity (Wildman–Crippen MR) is 66.2 cm³/mol. The van der Waals surface area contributed by atoms with Crippen molar-refractivity contribution in [3.63, 3.8) is 0 Å². The molecule has 0 N–H and O–H groups in total. The molecule has 2 nitrogen and oxygen atoms in total. The molecule has 0 fully saturated rings. The van der Waals surface area contributed by atoms with Crippen molar-refractivity contribution in [1.29, 1.82) is 0 Å². The lowest BCUT2D eigenvalue weighted by atomic mass is 10.2. The molecule has 0 aliphatic carbocycles. The van der Waals surface area contributed by atoms with Crippen LogP contribution in [0.15, 0.2) is 0 Å². The maximum Gasteiger partial charge on any atom is 0.317 e. The molecule has 0 atom stereocenters. The van der Waals surface area contributed by atoms with Gasteiger partial charge in [0.25, 0.3) is 0 Å². The van der Waals surface area contributed by atoms with Gasteiger partial charge in [-0.25, -0.2) is 0 Å². The number of rotatable bonds is 2. The van der Waals surface area contributed by atoms with Crippen LogP contribution in [-0.4, -0.2) is 20.7 Å². The highest BCUT2D eigenvalue weighted by Gasteiger charge is 2.33. The Morgan fingerprint density at radius 1 is 1.33 bits per heavy atom. The second-order valence-corrected chi connectivity index (χ2v) is 10.2. The third-order valence-electron chi connectivity index (χ3n) is 2.81. The molecule has 3 heteroatoms. The molecule has 86 valence electrons. The van der Waals surface area contributed by atoms with Crippen LogP contribution in [0.3, 0.4) is 0 Å². The largest absolute Gasteiger partial charge is 0.465 e. The van der Waals surface area contributed by atoms with E-state index in [1.807, 2.05) is 0 Å². The summed E-state index contributed by atoms with van der Waals surface area (Å²) in [5.41, 5.74) is 3.28. The van der Waals surface area contributed by atoms with Crippen molar-refractivity contribution < 1.29 is 9.53 Å². The molecule has 0 aromatic heterocycles. The minimum atomic E-state index is -1.56. The molecule has 0 rings (SSSR count). The van der Waals surface area contributed by atoms with E-state index >= 15 is 0 Å². The van der Waals surface area contributed by atoms with Crippen molar-refractivity contribution in [2.24, 2.45) is 0 Å². The van der Waals surface area contributed by atoms with E-state index in [0.717, 1.165) is 0 Å². The van der Waals surface area contributed by atoms with Crippen molar-refractivity contribution in [2.75, 3.05) is 6.61 Å². The second-order valence-electron chi connectivity index (χ2n) is 5.16. The first-order valence-electron chi connectivity index (χ1n) is 5.36. The lowest BCUT2D eigenvalue weighted by molar-refractivity contribution is -0.141. The number of esters is 1. The maximum absolute atomic E-state index is 11.1. The highest BCUT2D eigenvalue weighted by Crippen LogP contribution is 2.35. The molecule has 0 aliphatic heterocycles. The Balaban J connectivity index is 4.35. The molecule has 0 heterocycles. The first-order valence-corrected chi connectivity index (χ1v) is 8.36. The Morgan fingerprint density at radius 3 is 2.27 bits per heavy atom. The average molecular weight is 226 g/mol. The monoisotopic (exact) mass is 226 g/mol. The zero-order valence-electron chi connectivity index (χ0n) is 10.7. The van der Waals surface area contributed by atoms with Crippen LogP contribution >= 0.6 is 0 Å². The van der Waals surface area contributed by atoms with E-state index in [1.165, 1.54) is 0 Å². The highest BCUT2D eigenvalue weighted by molar-refractivity contribution is 6.87. The Morgan fingerprint density at radius 2 is 1.87 bits per heavy atom. The summed E-state index contributed by atoms with van der Waals surface area (Å²) in [6.45, 7) is 13.3. The van der Waals surface area contributed by atoms with E-state index in [4.69, 9.17) is 4.74 Å². The van der Waals surface area contributed by atoms with Crippen molar-refractivity contribution >= 4 is 14.0 Å². The molecule has 0 amide bonds. The van der Waals surface area contributed by atoms with Crippen molar-refractivity contribution in [2.45, 2.75) is 52.2 Å². The average Bonchev–Trinajstić information content (AvgIpc) is 2.01. The van der Waals surface area contributed by atoms with Crippen LogP contribution in [0, 0.1) is 11.5 Å². The second kappa shape index (κ2) is 5.36. The standard InChI is InChI=1S/C12H22O2Si/c1-7-14-11(13)9-8-10-15(5,6)12(2,3)4/h7,9H2,1-6H3. The van der Waals surface area contributed by atoms with Crippen LogP contribution in [0.4, 0.5) is 0 Å². The first-order chi connectivity index (χ1) is 6.70. The Kier molecular flexibility index (Phi) is 5.09. The number of carbonyl (C=O) groups excluding carboxylic acids is 1. The van der Waals surface area contributed by atoms with Crippen molar-refractivity contribution in [1.82, 2.24) is 0 Å². The van der Waals surface area contributed by atoms with Gasteiger partial charge in [-0.15, -0.1) is 5.54 Å². The zero-order chi connectivity index (χ0) is 12.1. The molecule has 0 bridgehead atoms. The third-order valence-corrected chi connectivity index (χ3v) is 7.37. The van der Waals surface area contributed by atoms with Gasteiger partial charge in [0, 0.05) is 0 Å². The Labute approximate surface area is 94.4 Å². The van der Waals surface area contributed by atoms with Gasteiger partial charge >= 0.3 is 5.97 Å². The summed E-state index contributed by atoms with van der Waals surface area (Å²) < 4.78 is 4.82. The fourth-order valence-corrected chi connectivity index (χ4v) is 1.64. The summed E-state index contributed by atoms with van der Waals surface area (Å²) in [5.74, 6) is 2.74. The van der Waals surface area contributed by atoms with Gasteiger partial charge in [-0.1, -0.05) is 39.8 Å². The van der Waals surface area contributed by atoms with E-state index in [0.29, 0.717) is 6.61 Å². The lowest BCUT2D eigenvalue weighted by Gasteiger charge is -2.31. The van der Waals surface area contributed by atoms with Crippen LogP contribution in [0.25, 0.3) is 0 Å². The van der Waals surface area contributed by atoms with Gasteiger partial charge < -0.3 is 4.74 Å². The van der Waals surface area contributed by atoms with Gasteiger partial charge in [0.15, 0.2) is 0 Å². The highest BCUT2D eigenvalue weighted by atomic mass is 28.3. The topological polar surface area (TPSA) is 26.3 Å². The molecule has 0 aromatic rings. The molecule has 0 aliphatic rings. The van der Waals surface area contributed by atoms with E-state index in [1.54, 1.807) is 6.92 Å². The minimum Gasteiger partial charge on any atom is -0.465 e. The minimum absolute atomic E-state index is 0.219. The van der Waals surface area contributed by atoms with Crippen LogP contribution in [-0.2, 0) is 9.53 Å².